The van der Waals surface area contributed by atoms with Crippen LogP contribution in [0.4, 0.5) is 0 Å². The Kier molecular flexibility index (Phi) is 21.5. The summed E-state index contributed by atoms with van der Waals surface area (Å²) in [6, 6.07) is 42.9. The molecule has 0 bridgehead atoms. The second kappa shape index (κ2) is 26.7. The van der Waals surface area contributed by atoms with E-state index in [4.69, 9.17) is 39.4 Å². The number of nitrogens with one attached hydrogen (secondary N) is 2. The third-order valence-corrected chi connectivity index (χ3v) is 12.9. The number of hydrogen-bond donors (Lipinski definition) is 2. The van der Waals surface area contributed by atoms with Crippen molar-refractivity contribution in [1.29, 1.82) is 10.5 Å². The Morgan fingerprint density at radius 3 is 0.861 bits per heavy atom. The molecule has 2 aromatic heterocycles. The van der Waals surface area contributed by atoms with Crippen LogP contribution in [0.3, 0.4) is 0 Å². The molecule has 6 aromatic carbocycles. The number of ether oxygens (including phenoxy) is 4. The molecule has 0 saturated heterocycles. The maximum Gasteiger partial charge on any atom is 2.00 e. The Bertz CT molecular complexity index is 3000. The molecule has 0 aliphatic carbocycles. The first-order valence-corrected chi connectivity index (χ1v) is 25.8. The summed E-state index contributed by atoms with van der Waals surface area (Å²) in [5, 5.41) is 42.2. The van der Waals surface area contributed by atoms with Crippen molar-refractivity contribution in [2.24, 2.45) is 0 Å². The minimum absolute atomic E-state index is 0. The minimum Gasteiger partial charge on any atom is -0.872 e. The van der Waals surface area contributed by atoms with Gasteiger partial charge in [-0.25, -0.2) is 9.97 Å². The van der Waals surface area contributed by atoms with Gasteiger partial charge in [0, 0.05) is 47.2 Å². The van der Waals surface area contributed by atoms with Crippen molar-refractivity contribution < 1.29 is 48.6 Å². The fourth-order valence-corrected chi connectivity index (χ4v) is 8.44. The summed E-state index contributed by atoms with van der Waals surface area (Å²) in [5.41, 5.74) is 11.1. The van der Waals surface area contributed by atoms with E-state index in [9.17, 15) is 10.2 Å². The zero-order chi connectivity index (χ0) is 57.9. The van der Waals surface area contributed by atoms with Crippen molar-refractivity contribution in [3.05, 3.63) is 144 Å². The average Bonchev–Trinajstić information content (AvgIpc) is 4.06. The molecule has 0 aliphatic heterocycles. The van der Waals surface area contributed by atoms with Gasteiger partial charge >= 0.3 is 19.5 Å². The van der Waals surface area contributed by atoms with E-state index in [2.05, 4.69) is 105 Å². The SMILES string of the molecule is CC#N.CC#N.COc1ccc(-c2nc(-c3cc(C(C)(C)C)cc(C(C)(C)C)c3[O-])[nH]c2-c2ccc(OC)cc2)cc1.COc1ccc(-c2nc(-c3cc(C(C)(C)C)cc(C(C)(C)C)c3[O-])[nH]c2-c2ccc(OC)cc2)cc1.[Zn+2]. The van der Waals surface area contributed by atoms with E-state index in [1.165, 1.54) is 13.8 Å². The molecule has 0 spiro atoms. The van der Waals surface area contributed by atoms with Crippen LogP contribution in [0, 0.1) is 22.7 Å². The molecule has 79 heavy (non-hydrogen) atoms. The standard InChI is InChI=1S/2C31H36N2O3.2C2H3N.Zn/c2*1-30(2,3)21-17-24(28(34)25(18-21)31(4,5)6)29-32-26(19-9-13-22(35-7)14-10-19)27(33-29)20-11-15-23(36-8)16-12-20;2*1-2-3;/h2*9-18,34H,1-8H3,(H,32,33);2*1H3;/q;;;;+2/p-2. The molecule has 2 heterocycles. The van der Waals surface area contributed by atoms with Gasteiger partial charge in [-0.05, 0) is 153 Å². The molecular formula is C66H76N6O6Zn. The number of rotatable bonds is 10. The second-order valence-corrected chi connectivity index (χ2v) is 22.8. The van der Waals surface area contributed by atoms with Gasteiger partial charge in [0.2, 0.25) is 0 Å². The van der Waals surface area contributed by atoms with E-state index >= 15 is 0 Å². The number of benzene rings is 6. The summed E-state index contributed by atoms with van der Waals surface area (Å²) in [6.45, 7) is 28.3. The number of methoxy groups -OCH3 is 4. The fourth-order valence-electron chi connectivity index (χ4n) is 8.44. The third kappa shape index (κ3) is 15.7. The normalized spacial score (nSPS) is 11.1. The van der Waals surface area contributed by atoms with E-state index in [0.717, 1.165) is 90.3 Å². The van der Waals surface area contributed by atoms with Crippen molar-refractivity contribution in [3.8, 4) is 114 Å². The Balaban J connectivity index is 0.000000306. The van der Waals surface area contributed by atoms with Crippen molar-refractivity contribution in [2.75, 3.05) is 28.4 Å². The van der Waals surface area contributed by atoms with Crippen LogP contribution < -0.4 is 29.2 Å². The quantitative estimate of drug-likeness (QED) is 0.125. The topological polar surface area (TPSA) is 188 Å². The molecule has 0 fully saturated rings. The Labute approximate surface area is 481 Å². The Hall–Kier alpha value is -7.86. The van der Waals surface area contributed by atoms with Crippen molar-refractivity contribution in [2.45, 2.75) is 119 Å². The molecule has 0 aliphatic rings. The van der Waals surface area contributed by atoms with Gasteiger partial charge in [-0.3, -0.25) is 0 Å². The molecule has 0 unspecified atom stereocenters. The predicted molar refractivity (Wildman–Crippen MR) is 312 cm³/mol. The molecule has 0 saturated carbocycles. The average molecular weight is 1110 g/mol. The maximum atomic E-state index is 13.8. The van der Waals surface area contributed by atoms with Crippen LogP contribution in [0.2, 0.25) is 0 Å². The molecule has 408 valence electrons. The molecule has 8 rings (SSSR count). The second-order valence-electron chi connectivity index (χ2n) is 22.8. The number of imidazole rings is 2. The molecule has 0 radical (unpaired) electrons. The number of H-pyrrole nitrogens is 2. The zero-order valence-electron chi connectivity index (χ0n) is 49.5. The number of aromatic amines is 2. The van der Waals surface area contributed by atoms with Gasteiger partial charge in [0.15, 0.2) is 0 Å². The van der Waals surface area contributed by atoms with Crippen LogP contribution >= 0.6 is 0 Å². The van der Waals surface area contributed by atoms with Gasteiger partial charge in [0.1, 0.15) is 34.6 Å². The van der Waals surface area contributed by atoms with E-state index < -0.39 is 0 Å². The first-order valence-electron chi connectivity index (χ1n) is 25.8. The van der Waals surface area contributed by atoms with Crippen LogP contribution in [0.25, 0.3) is 67.8 Å². The van der Waals surface area contributed by atoms with Gasteiger partial charge in [0.05, 0.1) is 63.4 Å². The third-order valence-electron chi connectivity index (χ3n) is 12.9. The molecule has 12 nitrogen and oxygen atoms in total. The van der Waals surface area contributed by atoms with Crippen LogP contribution in [0.1, 0.15) is 119 Å². The first-order chi connectivity index (χ1) is 36.7. The summed E-state index contributed by atoms with van der Waals surface area (Å²) >= 11 is 0. The van der Waals surface area contributed by atoms with E-state index in [1.807, 2.05) is 109 Å². The molecule has 2 N–H and O–H groups in total. The number of hydrogen-bond acceptors (Lipinski definition) is 10. The minimum atomic E-state index is -0.294. The number of nitrogens with zero attached hydrogens (tertiary/aromatic N) is 4. The largest absolute Gasteiger partial charge is 2.00 e. The summed E-state index contributed by atoms with van der Waals surface area (Å²) in [7, 11) is 6.60. The summed E-state index contributed by atoms with van der Waals surface area (Å²) in [6.07, 6.45) is 0. The Morgan fingerprint density at radius 2 is 0.646 bits per heavy atom. The van der Waals surface area contributed by atoms with Crippen LogP contribution in [0.15, 0.2) is 121 Å². The monoisotopic (exact) mass is 1110 g/mol. The summed E-state index contributed by atoms with van der Waals surface area (Å²) in [4.78, 5) is 17.0. The summed E-state index contributed by atoms with van der Waals surface area (Å²) in [5.74, 6) is 4.24. The molecule has 8 aromatic rings. The van der Waals surface area contributed by atoms with Gasteiger partial charge in [0.25, 0.3) is 0 Å². The first kappa shape index (κ1) is 63.7. The summed E-state index contributed by atoms with van der Waals surface area (Å²) < 4.78 is 21.4. The zero-order valence-corrected chi connectivity index (χ0v) is 52.5. The van der Waals surface area contributed by atoms with Gasteiger partial charge in [-0.1, -0.05) is 107 Å². The molecule has 13 heteroatoms. The number of aromatic nitrogens is 4. The van der Waals surface area contributed by atoms with Crippen LogP contribution in [-0.2, 0) is 41.1 Å². The van der Waals surface area contributed by atoms with E-state index in [-0.39, 0.29) is 52.6 Å². The van der Waals surface area contributed by atoms with Gasteiger partial charge in [-0.15, -0.1) is 0 Å². The van der Waals surface area contributed by atoms with Crippen molar-refractivity contribution in [1.82, 2.24) is 19.9 Å². The van der Waals surface area contributed by atoms with E-state index in [1.54, 1.807) is 40.6 Å². The smallest absolute Gasteiger partial charge is 0.872 e. The predicted octanol–water partition coefficient (Wildman–Crippen LogP) is 15.3. The van der Waals surface area contributed by atoms with E-state index in [0.29, 0.717) is 22.8 Å². The van der Waals surface area contributed by atoms with Crippen molar-refractivity contribution >= 4 is 0 Å². The maximum absolute atomic E-state index is 13.8. The molecule has 0 atom stereocenters. The van der Waals surface area contributed by atoms with Crippen LogP contribution in [-0.4, -0.2) is 48.4 Å². The van der Waals surface area contributed by atoms with Gasteiger partial charge in [-0.2, -0.15) is 10.5 Å². The fraction of sp³-hybridized carbons (Fsp3) is 0.333. The van der Waals surface area contributed by atoms with Crippen molar-refractivity contribution in [3.63, 3.8) is 0 Å². The molecule has 0 amide bonds. The Morgan fingerprint density at radius 1 is 0.405 bits per heavy atom. The van der Waals surface area contributed by atoms with Crippen LogP contribution in [0.5, 0.6) is 34.5 Å². The number of nitriles is 2. The van der Waals surface area contributed by atoms with Gasteiger partial charge < -0.3 is 39.1 Å². The molecular weight excluding hydrogens is 1040 g/mol.